The average molecular weight is 723 g/mol. The van der Waals surface area contributed by atoms with E-state index in [1.165, 1.54) is 71.6 Å². The summed E-state index contributed by atoms with van der Waals surface area (Å²) in [7, 11) is 0. The molecule has 0 atom stereocenters. The highest BCUT2D eigenvalue weighted by atomic mass is 14.9. The van der Waals surface area contributed by atoms with Crippen LogP contribution in [0.1, 0.15) is 22.3 Å². The summed E-state index contributed by atoms with van der Waals surface area (Å²) in [6, 6.07) is 74.9. The van der Waals surface area contributed by atoms with Crippen molar-refractivity contribution in [1.29, 1.82) is 0 Å². The highest BCUT2D eigenvalue weighted by molar-refractivity contribution is 6.10. The van der Waals surface area contributed by atoms with Crippen molar-refractivity contribution in [3.05, 3.63) is 229 Å². The Hall–Kier alpha value is -7.42. The molecular weight excluding hydrogens is 689 g/mol. The van der Waals surface area contributed by atoms with Crippen molar-refractivity contribution in [2.45, 2.75) is 5.41 Å². The smallest absolute Gasteiger partial charge is 0.161 e. The number of rotatable bonds is 4. The van der Waals surface area contributed by atoms with Gasteiger partial charge in [0.2, 0.25) is 0 Å². The minimum absolute atomic E-state index is 0.557. The Kier molecular flexibility index (Phi) is 6.88. The van der Waals surface area contributed by atoms with Gasteiger partial charge in [-0.25, -0.2) is 9.97 Å². The van der Waals surface area contributed by atoms with Gasteiger partial charge in [0, 0.05) is 16.7 Å². The lowest BCUT2D eigenvalue weighted by Gasteiger charge is -2.32. The molecule has 57 heavy (non-hydrogen) atoms. The molecular formula is C55H34N2. The maximum absolute atomic E-state index is 5.48. The molecule has 0 aliphatic heterocycles. The van der Waals surface area contributed by atoms with Gasteiger partial charge in [0.15, 0.2) is 5.82 Å². The normalized spacial score (nSPS) is 13.1. The molecule has 0 N–H and O–H groups in total. The highest BCUT2D eigenvalue weighted by Gasteiger charge is 2.53. The first kappa shape index (κ1) is 31.9. The molecule has 12 rings (SSSR count). The summed E-state index contributed by atoms with van der Waals surface area (Å²) in [5.41, 5.74) is 17.0. The van der Waals surface area contributed by atoms with Crippen LogP contribution >= 0.6 is 0 Å². The van der Waals surface area contributed by atoms with E-state index in [-0.39, 0.29) is 0 Å². The molecule has 0 unspecified atom stereocenters. The molecule has 9 aromatic carbocycles. The molecule has 264 valence electrons. The molecule has 0 radical (unpaired) electrons. The second-order valence-electron chi connectivity index (χ2n) is 15.2. The van der Waals surface area contributed by atoms with Crippen LogP contribution in [-0.4, -0.2) is 9.97 Å². The van der Waals surface area contributed by atoms with E-state index in [0.29, 0.717) is 0 Å². The lowest BCUT2D eigenvalue weighted by Crippen LogP contribution is -2.26. The minimum Gasteiger partial charge on any atom is -0.228 e. The Labute approximate surface area is 331 Å². The fourth-order valence-corrected chi connectivity index (χ4v) is 9.94. The summed E-state index contributed by atoms with van der Waals surface area (Å²) in [4.78, 5) is 10.9. The first-order valence-electron chi connectivity index (χ1n) is 19.7. The lowest BCUT2D eigenvalue weighted by atomic mass is 9.68. The number of fused-ring (bicyclic) bond motifs is 14. The van der Waals surface area contributed by atoms with E-state index in [9.17, 15) is 0 Å². The van der Waals surface area contributed by atoms with Gasteiger partial charge in [-0.1, -0.05) is 194 Å². The van der Waals surface area contributed by atoms with E-state index in [1.54, 1.807) is 0 Å². The largest absolute Gasteiger partial charge is 0.228 e. The van der Waals surface area contributed by atoms with Crippen LogP contribution in [0.3, 0.4) is 0 Å². The standard InChI is InChI=1S/C55H34N2/c1-3-15-35(16-4-1)39-21-13-22-40(33-39)50-34-49(38-19-5-2-6-20-38)56-54(57-50)46-26-14-28-48-51(46)45-25-11-12-27-47(45)55(48)52-41-23-9-7-17-36(41)29-31-43(52)44-32-30-37-18-8-10-24-42(37)53(44)55/h1-34H. The van der Waals surface area contributed by atoms with E-state index >= 15 is 0 Å². The lowest BCUT2D eigenvalue weighted by molar-refractivity contribution is 0.809. The van der Waals surface area contributed by atoms with Gasteiger partial charge in [-0.15, -0.1) is 0 Å². The van der Waals surface area contributed by atoms with Crippen LogP contribution in [0.25, 0.3) is 88.8 Å². The van der Waals surface area contributed by atoms with Crippen LogP contribution in [-0.2, 0) is 5.41 Å². The van der Waals surface area contributed by atoms with E-state index in [1.807, 2.05) is 0 Å². The van der Waals surface area contributed by atoms with Crippen molar-refractivity contribution < 1.29 is 0 Å². The summed E-state index contributed by atoms with van der Waals surface area (Å²) >= 11 is 0. The zero-order chi connectivity index (χ0) is 37.5. The van der Waals surface area contributed by atoms with Crippen molar-refractivity contribution in [3.63, 3.8) is 0 Å². The molecule has 1 aromatic heterocycles. The monoisotopic (exact) mass is 722 g/mol. The Morgan fingerprint density at radius 1 is 0.316 bits per heavy atom. The topological polar surface area (TPSA) is 25.8 Å². The highest BCUT2D eigenvalue weighted by Crippen LogP contribution is 2.66. The summed E-state index contributed by atoms with van der Waals surface area (Å²) in [5.74, 6) is 0.717. The minimum atomic E-state index is -0.557. The third-order valence-electron chi connectivity index (χ3n) is 12.3. The number of benzene rings is 9. The van der Waals surface area contributed by atoms with Gasteiger partial charge < -0.3 is 0 Å². The first-order valence-corrected chi connectivity index (χ1v) is 19.7. The fourth-order valence-electron chi connectivity index (χ4n) is 9.94. The maximum atomic E-state index is 5.48. The molecule has 0 saturated heterocycles. The zero-order valence-electron chi connectivity index (χ0n) is 31.0. The molecule has 0 saturated carbocycles. The number of nitrogens with zero attached hydrogens (tertiary/aromatic N) is 2. The molecule has 2 heteroatoms. The SMILES string of the molecule is c1ccc(-c2cccc(-c3cc(-c4ccccc4)nc(-c4cccc5c4-c4ccccc4C54c5c(ccc6ccccc56)-c5ccc6ccccc6c54)n3)c2)cc1. The van der Waals surface area contributed by atoms with Gasteiger partial charge in [-0.2, -0.15) is 0 Å². The maximum Gasteiger partial charge on any atom is 0.161 e. The first-order chi connectivity index (χ1) is 28.3. The number of hydrogen-bond acceptors (Lipinski definition) is 2. The Bertz CT molecular complexity index is 3150. The summed E-state index contributed by atoms with van der Waals surface area (Å²) in [6.07, 6.45) is 0. The Balaban J connectivity index is 1.17. The zero-order valence-corrected chi connectivity index (χ0v) is 31.0. The summed E-state index contributed by atoms with van der Waals surface area (Å²) < 4.78 is 0. The predicted octanol–water partition coefficient (Wildman–Crippen LogP) is 13.8. The summed E-state index contributed by atoms with van der Waals surface area (Å²) in [5, 5.41) is 5.06. The molecule has 0 bridgehead atoms. The molecule has 2 aliphatic rings. The van der Waals surface area contributed by atoms with Crippen LogP contribution in [0.2, 0.25) is 0 Å². The van der Waals surface area contributed by atoms with Crippen molar-refractivity contribution >= 4 is 21.5 Å². The third-order valence-corrected chi connectivity index (χ3v) is 12.3. The van der Waals surface area contributed by atoms with Gasteiger partial charge in [0.25, 0.3) is 0 Å². The number of hydrogen-bond donors (Lipinski definition) is 0. The second kappa shape index (κ2) is 12.3. The van der Waals surface area contributed by atoms with Crippen LogP contribution < -0.4 is 0 Å². The molecule has 1 heterocycles. The molecule has 0 amide bonds. The number of aromatic nitrogens is 2. The third kappa shape index (κ3) is 4.59. The van der Waals surface area contributed by atoms with Crippen LogP contribution in [0.4, 0.5) is 0 Å². The van der Waals surface area contributed by atoms with Crippen LogP contribution in [0.5, 0.6) is 0 Å². The average Bonchev–Trinajstić information content (AvgIpc) is 3.77. The molecule has 0 fully saturated rings. The molecule has 2 aliphatic carbocycles. The van der Waals surface area contributed by atoms with Crippen molar-refractivity contribution in [2.75, 3.05) is 0 Å². The van der Waals surface area contributed by atoms with Gasteiger partial charge in [-0.05, 0) is 89.3 Å². The fraction of sp³-hybridized carbons (Fsp3) is 0.0182. The quantitative estimate of drug-likeness (QED) is 0.181. The van der Waals surface area contributed by atoms with Gasteiger partial charge in [0.1, 0.15) is 0 Å². The van der Waals surface area contributed by atoms with Crippen LogP contribution in [0.15, 0.2) is 206 Å². The molecule has 1 spiro atoms. The van der Waals surface area contributed by atoms with Gasteiger partial charge in [-0.3, -0.25) is 0 Å². The van der Waals surface area contributed by atoms with Crippen LogP contribution in [0, 0.1) is 0 Å². The van der Waals surface area contributed by atoms with Gasteiger partial charge >= 0.3 is 0 Å². The van der Waals surface area contributed by atoms with E-state index in [4.69, 9.17) is 9.97 Å². The van der Waals surface area contributed by atoms with Crippen molar-refractivity contribution in [1.82, 2.24) is 9.97 Å². The van der Waals surface area contributed by atoms with E-state index in [2.05, 4.69) is 206 Å². The predicted molar refractivity (Wildman–Crippen MR) is 235 cm³/mol. The molecule has 2 nitrogen and oxygen atoms in total. The Morgan fingerprint density at radius 2 is 0.825 bits per heavy atom. The second-order valence-corrected chi connectivity index (χ2v) is 15.2. The van der Waals surface area contributed by atoms with Crippen molar-refractivity contribution in [3.8, 4) is 67.3 Å². The van der Waals surface area contributed by atoms with Gasteiger partial charge in [0.05, 0.1) is 16.8 Å². The Morgan fingerprint density at radius 3 is 1.53 bits per heavy atom. The van der Waals surface area contributed by atoms with E-state index in [0.717, 1.165) is 39.5 Å². The summed E-state index contributed by atoms with van der Waals surface area (Å²) in [6.45, 7) is 0. The van der Waals surface area contributed by atoms with E-state index < -0.39 is 5.41 Å². The van der Waals surface area contributed by atoms with Crippen molar-refractivity contribution in [2.24, 2.45) is 0 Å². The molecule has 10 aromatic rings.